The van der Waals surface area contributed by atoms with E-state index >= 15 is 0 Å². The normalized spacial score (nSPS) is 16.5. The summed E-state index contributed by atoms with van der Waals surface area (Å²) in [6.07, 6.45) is 4.19. The number of piperidine rings is 1. The summed E-state index contributed by atoms with van der Waals surface area (Å²) in [5.41, 5.74) is 11.7. The molecule has 1 aromatic heterocycles. The SMILES string of the molecule is CCCCn1c([C@@H](Cc2cc(Br)c(N)c(Br)c2)NC(=O)ON2CCC(N3CCc4ccccc4NC3=O)CC2)nc2ccccc21. The van der Waals surface area contributed by atoms with Gasteiger partial charge in [0.2, 0.25) is 0 Å². The first-order valence-electron chi connectivity index (χ1n) is 15.9. The van der Waals surface area contributed by atoms with Crippen LogP contribution in [0.1, 0.15) is 55.6 Å². The van der Waals surface area contributed by atoms with Gasteiger partial charge in [0.1, 0.15) is 5.82 Å². The van der Waals surface area contributed by atoms with E-state index in [4.69, 9.17) is 15.6 Å². The Morgan fingerprint density at radius 3 is 2.57 bits per heavy atom. The van der Waals surface area contributed by atoms with Crippen molar-refractivity contribution in [1.29, 1.82) is 0 Å². The van der Waals surface area contributed by atoms with Crippen LogP contribution in [-0.2, 0) is 24.2 Å². The smallest absolute Gasteiger partial charge is 0.397 e. The van der Waals surface area contributed by atoms with Crippen LogP contribution in [0, 0.1) is 0 Å². The Kier molecular flexibility index (Phi) is 10.1. The molecule has 0 bridgehead atoms. The Bertz CT molecular complexity index is 1700. The van der Waals surface area contributed by atoms with Crippen molar-refractivity contribution in [2.75, 3.05) is 30.7 Å². The summed E-state index contributed by atoms with van der Waals surface area (Å²) < 4.78 is 3.77. The summed E-state index contributed by atoms with van der Waals surface area (Å²) in [4.78, 5) is 39.3. The van der Waals surface area contributed by atoms with Crippen molar-refractivity contribution in [3.8, 4) is 0 Å². The summed E-state index contributed by atoms with van der Waals surface area (Å²) in [5.74, 6) is 0.780. The number of aromatic nitrogens is 2. The van der Waals surface area contributed by atoms with Crippen molar-refractivity contribution < 1.29 is 14.4 Å². The molecule has 3 aromatic carbocycles. The number of nitrogens with one attached hydrogen (secondary N) is 2. The molecule has 1 saturated heterocycles. The molecule has 242 valence electrons. The molecule has 0 radical (unpaired) electrons. The number of urea groups is 1. The molecule has 6 rings (SSSR count). The molecular weight excluding hydrogens is 714 g/mol. The number of carbonyl (C=O) groups is 2. The van der Waals surface area contributed by atoms with Gasteiger partial charge in [0.25, 0.3) is 0 Å². The van der Waals surface area contributed by atoms with E-state index < -0.39 is 12.1 Å². The van der Waals surface area contributed by atoms with Gasteiger partial charge in [-0.25, -0.2) is 14.6 Å². The lowest BCUT2D eigenvalue weighted by atomic mass is 10.0. The first kappa shape index (κ1) is 32.3. The van der Waals surface area contributed by atoms with Gasteiger partial charge in [-0.15, -0.1) is 5.06 Å². The summed E-state index contributed by atoms with van der Waals surface area (Å²) in [5, 5.41) is 7.90. The van der Waals surface area contributed by atoms with Gasteiger partial charge in [-0.3, -0.25) is 0 Å². The fraction of sp³-hybridized carbons (Fsp3) is 0.382. The lowest BCUT2D eigenvalue weighted by molar-refractivity contribution is -0.120. The number of halogens is 2. The van der Waals surface area contributed by atoms with Crippen LogP contribution >= 0.6 is 31.9 Å². The maximum atomic E-state index is 13.5. The molecule has 3 heterocycles. The van der Waals surface area contributed by atoms with Gasteiger partial charge in [0.15, 0.2) is 0 Å². The van der Waals surface area contributed by atoms with E-state index in [1.54, 1.807) is 5.06 Å². The maximum Gasteiger partial charge on any atom is 0.426 e. The molecular formula is C34H39Br2N7O3. The van der Waals surface area contributed by atoms with Gasteiger partial charge in [0, 0.05) is 53.3 Å². The minimum Gasteiger partial charge on any atom is -0.397 e. The molecule has 3 amide bonds. The minimum absolute atomic E-state index is 0.0724. The van der Waals surface area contributed by atoms with Gasteiger partial charge in [-0.2, -0.15) is 0 Å². The molecule has 2 aliphatic rings. The number of hydroxylamine groups is 2. The monoisotopic (exact) mass is 751 g/mol. The average Bonchev–Trinajstić information content (AvgIpc) is 3.33. The molecule has 1 atom stereocenters. The predicted octanol–water partition coefficient (Wildman–Crippen LogP) is 7.42. The minimum atomic E-state index is -0.533. The van der Waals surface area contributed by atoms with Crippen molar-refractivity contribution in [3.63, 3.8) is 0 Å². The lowest BCUT2D eigenvalue weighted by Crippen LogP contribution is -2.49. The molecule has 1 fully saturated rings. The number of hydrogen-bond acceptors (Lipinski definition) is 6. The number of unbranched alkanes of at least 4 members (excludes halogenated alkanes) is 1. The quantitative estimate of drug-likeness (QED) is 0.153. The van der Waals surface area contributed by atoms with Crippen LogP contribution in [0.25, 0.3) is 11.0 Å². The van der Waals surface area contributed by atoms with E-state index in [2.05, 4.69) is 66.1 Å². The number of benzene rings is 3. The van der Waals surface area contributed by atoms with E-state index in [-0.39, 0.29) is 12.1 Å². The second kappa shape index (κ2) is 14.4. The second-order valence-corrected chi connectivity index (χ2v) is 13.6. The van der Waals surface area contributed by atoms with Gasteiger partial charge in [-0.05, 0) is 99.0 Å². The summed E-state index contributed by atoms with van der Waals surface area (Å²) in [6, 6.07) is 19.5. The van der Waals surface area contributed by atoms with Crippen molar-refractivity contribution in [2.24, 2.45) is 0 Å². The van der Waals surface area contributed by atoms with E-state index in [0.29, 0.717) is 44.6 Å². The third kappa shape index (κ3) is 7.19. The zero-order valence-corrected chi connectivity index (χ0v) is 29.0. The van der Waals surface area contributed by atoms with Crippen molar-refractivity contribution >= 4 is 66.4 Å². The molecule has 0 unspecified atom stereocenters. The van der Waals surface area contributed by atoms with E-state index in [1.165, 1.54) is 0 Å². The number of carbonyl (C=O) groups excluding carboxylic acids is 2. The van der Waals surface area contributed by atoms with Crippen LogP contribution in [0.2, 0.25) is 0 Å². The maximum absolute atomic E-state index is 13.5. The summed E-state index contributed by atoms with van der Waals surface area (Å²) in [7, 11) is 0. The Hall–Kier alpha value is -3.61. The number of hydrogen-bond donors (Lipinski definition) is 3. The number of aryl methyl sites for hydroxylation is 1. The molecule has 4 N–H and O–H groups in total. The van der Waals surface area contributed by atoms with Crippen molar-refractivity contribution in [3.05, 3.63) is 86.6 Å². The fourth-order valence-electron chi connectivity index (χ4n) is 6.38. The highest BCUT2D eigenvalue weighted by atomic mass is 79.9. The molecule has 4 aromatic rings. The molecule has 12 heteroatoms. The first-order valence-corrected chi connectivity index (χ1v) is 17.5. The van der Waals surface area contributed by atoms with Gasteiger partial charge >= 0.3 is 12.1 Å². The third-order valence-corrected chi connectivity index (χ3v) is 10.1. The van der Waals surface area contributed by atoms with E-state index in [0.717, 1.165) is 68.4 Å². The van der Waals surface area contributed by atoms with Crippen LogP contribution < -0.4 is 16.4 Å². The van der Waals surface area contributed by atoms with Gasteiger partial charge < -0.3 is 30.7 Å². The van der Waals surface area contributed by atoms with Crippen molar-refractivity contribution in [1.82, 2.24) is 24.8 Å². The second-order valence-electron chi connectivity index (χ2n) is 11.9. The molecule has 46 heavy (non-hydrogen) atoms. The Balaban J connectivity index is 1.15. The van der Waals surface area contributed by atoms with Gasteiger partial charge in [0.05, 0.1) is 22.8 Å². The Morgan fingerprint density at radius 1 is 1.09 bits per heavy atom. The Morgan fingerprint density at radius 2 is 1.80 bits per heavy atom. The number of anilines is 2. The van der Waals surface area contributed by atoms with Crippen LogP contribution in [0.3, 0.4) is 0 Å². The van der Waals surface area contributed by atoms with E-state index in [9.17, 15) is 9.59 Å². The van der Waals surface area contributed by atoms with Crippen LogP contribution in [-0.4, -0.2) is 57.3 Å². The van der Waals surface area contributed by atoms with Crippen LogP contribution in [0.4, 0.5) is 21.0 Å². The fourth-order valence-corrected chi connectivity index (χ4v) is 7.66. The molecule has 0 aliphatic carbocycles. The average molecular weight is 754 g/mol. The number of imidazole rings is 1. The number of nitrogens with zero attached hydrogens (tertiary/aromatic N) is 4. The molecule has 2 aliphatic heterocycles. The largest absolute Gasteiger partial charge is 0.426 e. The molecule has 0 saturated carbocycles. The number of rotatable bonds is 9. The summed E-state index contributed by atoms with van der Waals surface area (Å²) in [6.45, 7) is 4.68. The molecule has 0 spiro atoms. The topological polar surface area (TPSA) is 118 Å². The summed E-state index contributed by atoms with van der Waals surface area (Å²) >= 11 is 7.13. The highest BCUT2D eigenvalue weighted by Crippen LogP contribution is 2.32. The molecule has 10 nitrogen and oxygen atoms in total. The number of nitrogens with two attached hydrogens (primary N) is 1. The van der Waals surface area contributed by atoms with E-state index in [1.807, 2.05) is 53.4 Å². The lowest BCUT2D eigenvalue weighted by Gasteiger charge is -2.37. The number of para-hydroxylation sites is 3. The van der Waals surface area contributed by atoms with Crippen LogP contribution in [0.15, 0.2) is 69.6 Å². The first-order chi connectivity index (χ1) is 22.3. The number of amides is 3. The standard InChI is InChI=1S/C34H39Br2N7O3/c1-2-3-15-43-30-11-7-6-10-28(30)38-32(43)29(21-22-19-25(35)31(37)26(36)20-22)40-34(45)46-41-16-13-24(14-17-41)42-18-12-23-8-4-5-9-27(23)39-33(42)44/h4-11,19-20,24,29H,2-3,12-18,21,37H2,1H3,(H,39,44)(H,40,45)/t29-/m1/s1. The zero-order chi connectivity index (χ0) is 32.2. The number of fused-ring (bicyclic) bond motifs is 2. The number of nitrogen functional groups attached to an aromatic ring is 1. The van der Waals surface area contributed by atoms with Crippen LogP contribution in [0.5, 0.6) is 0 Å². The van der Waals surface area contributed by atoms with Gasteiger partial charge in [-0.1, -0.05) is 43.7 Å². The van der Waals surface area contributed by atoms with Crippen molar-refractivity contribution in [2.45, 2.75) is 64.1 Å². The highest BCUT2D eigenvalue weighted by Gasteiger charge is 2.32. The Labute approximate surface area is 285 Å². The third-order valence-electron chi connectivity index (χ3n) is 8.82. The highest BCUT2D eigenvalue weighted by molar-refractivity contribution is 9.11. The predicted molar refractivity (Wildman–Crippen MR) is 187 cm³/mol. The zero-order valence-electron chi connectivity index (χ0n) is 25.8.